The predicted molar refractivity (Wildman–Crippen MR) is 70.6 cm³/mol. The molecular formula is C14H12NS. The molecule has 2 heteroatoms. The molecule has 1 aliphatic rings. The third-order valence-corrected chi connectivity index (χ3v) is 4.00. The van der Waals surface area contributed by atoms with Gasteiger partial charge in [-0.1, -0.05) is 42.1 Å². The highest BCUT2D eigenvalue weighted by molar-refractivity contribution is 8.03. The fourth-order valence-corrected chi connectivity index (χ4v) is 3.28. The van der Waals surface area contributed by atoms with Crippen molar-refractivity contribution >= 4 is 28.2 Å². The zero-order chi connectivity index (χ0) is 11.1. The van der Waals surface area contributed by atoms with Crippen molar-refractivity contribution in [1.29, 1.82) is 0 Å². The van der Waals surface area contributed by atoms with Crippen LogP contribution in [0.2, 0.25) is 0 Å². The highest BCUT2D eigenvalue weighted by Crippen LogP contribution is 2.48. The number of benzene rings is 2. The first-order valence-electron chi connectivity index (χ1n) is 5.41. The summed E-state index contributed by atoms with van der Waals surface area (Å²) in [5, 5.41) is 3.46. The van der Waals surface area contributed by atoms with Crippen molar-refractivity contribution in [2.75, 3.05) is 11.4 Å². The van der Waals surface area contributed by atoms with E-state index in [-0.39, 0.29) is 0 Å². The molecule has 2 aromatic rings. The van der Waals surface area contributed by atoms with E-state index in [0.29, 0.717) is 0 Å². The van der Waals surface area contributed by atoms with Crippen molar-refractivity contribution in [2.45, 2.75) is 11.8 Å². The lowest BCUT2D eigenvalue weighted by Crippen LogP contribution is -2.15. The van der Waals surface area contributed by atoms with Crippen molar-refractivity contribution in [3.8, 4) is 0 Å². The molecule has 0 N–H and O–H groups in total. The van der Waals surface area contributed by atoms with Crippen LogP contribution >= 0.6 is 11.8 Å². The van der Waals surface area contributed by atoms with Gasteiger partial charge in [0.1, 0.15) is 0 Å². The molecule has 0 fully saturated rings. The molecule has 0 atom stereocenters. The highest BCUT2D eigenvalue weighted by Gasteiger charge is 2.23. The summed E-state index contributed by atoms with van der Waals surface area (Å²) in [7, 11) is 0. The van der Waals surface area contributed by atoms with Crippen LogP contribution in [-0.4, -0.2) is 6.54 Å². The molecule has 1 heterocycles. The van der Waals surface area contributed by atoms with Gasteiger partial charge in [-0.3, -0.25) is 0 Å². The van der Waals surface area contributed by atoms with Crippen LogP contribution in [0.1, 0.15) is 6.92 Å². The molecule has 16 heavy (non-hydrogen) atoms. The van der Waals surface area contributed by atoms with E-state index in [4.69, 9.17) is 6.58 Å². The van der Waals surface area contributed by atoms with E-state index < -0.39 is 0 Å². The number of hydrogen-bond donors (Lipinski definition) is 0. The van der Waals surface area contributed by atoms with Gasteiger partial charge in [-0.2, -0.15) is 0 Å². The lowest BCUT2D eigenvalue weighted by Gasteiger charge is -2.16. The molecule has 0 unspecified atom stereocenters. The second kappa shape index (κ2) is 3.56. The van der Waals surface area contributed by atoms with Crippen LogP contribution < -0.4 is 4.90 Å². The van der Waals surface area contributed by atoms with Crippen LogP contribution in [0.15, 0.2) is 46.3 Å². The van der Waals surface area contributed by atoms with Crippen LogP contribution in [0.25, 0.3) is 10.8 Å². The van der Waals surface area contributed by atoms with Gasteiger partial charge in [-0.15, -0.1) is 0 Å². The zero-order valence-corrected chi connectivity index (χ0v) is 9.92. The topological polar surface area (TPSA) is 3.24 Å². The molecule has 0 bridgehead atoms. The van der Waals surface area contributed by atoms with Gasteiger partial charge >= 0.3 is 0 Å². The van der Waals surface area contributed by atoms with Crippen molar-refractivity contribution < 1.29 is 0 Å². The first kappa shape index (κ1) is 9.79. The zero-order valence-electron chi connectivity index (χ0n) is 9.10. The molecule has 1 nitrogen and oxygen atoms in total. The minimum Gasteiger partial charge on any atom is -0.335 e. The third-order valence-electron chi connectivity index (χ3n) is 2.94. The van der Waals surface area contributed by atoms with Crippen molar-refractivity contribution in [1.82, 2.24) is 0 Å². The molecule has 79 valence electrons. The van der Waals surface area contributed by atoms with E-state index >= 15 is 0 Å². The maximum absolute atomic E-state index is 6.04. The number of nitrogens with zero attached hydrogens (tertiary/aromatic N) is 1. The monoisotopic (exact) mass is 226 g/mol. The summed E-state index contributed by atoms with van der Waals surface area (Å²) < 4.78 is 0. The van der Waals surface area contributed by atoms with E-state index in [1.54, 1.807) is 11.8 Å². The maximum Gasteiger partial charge on any atom is 0.0802 e. The lowest BCUT2D eigenvalue weighted by atomic mass is 10.1. The Hall–Kier alpha value is -1.41. The van der Waals surface area contributed by atoms with Gasteiger partial charge < -0.3 is 4.90 Å². The fraction of sp³-hybridized carbons (Fsp3) is 0.143. The summed E-state index contributed by atoms with van der Waals surface area (Å²) in [6.45, 7) is 9.08. The normalized spacial score (nSPS) is 14.6. The Morgan fingerprint density at radius 3 is 2.81 bits per heavy atom. The smallest absolute Gasteiger partial charge is 0.0802 e. The summed E-state index contributed by atoms with van der Waals surface area (Å²) in [6.07, 6.45) is 0. The van der Waals surface area contributed by atoms with Gasteiger partial charge in [-0.05, 0) is 30.3 Å². The van der Waals surface area contributed by atoms with Gasteiger partial charge in [-0.25, -0.2) is 0 Å². The number of fused-ring (bicyclic) bond motifs is 3. The second-order valence-corrected chi connectivity index (χ2v) is 4.85. The van der Waals surface area contributed by atoms with E-state index in [1.807, 2.05) is 0 Å². The first-order chi connectivity index (χ1) is 7.81. The lowest BCUT2D eigenvalue weighted by molar-refractivity contribution is 1.01. The Kier molecular flexibility index (Phi) is 2.18. The number of thioether (sulfide) groups is 1. The van der Waals surface area contributed by atoms with Crippen molar-refractivity contribution in [3.05, 3.63) is 48.0 Å². The van der Waals surface area contributed by atoms with Crippen LogP contribution in [0, 0.1) is 6.58 Å². The average molecular weight is 226 g/mol. The molecule has 0 saturated heterocycles. The van der Waals surface area contributed by atoms with Crippen LogP contribution in [-0.2, 0) is 0 Å². The maximum atomic E-state index is 6.04. The largest absolute Gasteiger partial charge is 0.335 e. The van der Waals surface area contributed by atoms with Gasteiger partial charge in [0, 0.05) is 11.4 Å². The molecule has 0 aromatic heterocycles. The van der Waals surface area contributed by atoms with Crippen LogP contribution in [0.4, 0.5) is 5.69 Å². The Bertz CT molecular complexity index is 574. The fourth-order valence-electron chi connectivity index (χ4n) is 2.16. The highest BCUT2D eigenvalue weighted by atomic mass is 32.2. The van der Waals surface area contributed by atoms with Gasteiger partial charge in [0.05, 0.1) is 10.7 Å². The van der Waals surface area contributed by atoms with Crippen molar-refractivity contribution in [3.63, 3.8) is 0 Å². The molecule has 0 saturated carbocycles. The quantitative estimate of drug-likeness (QED) is 0.721. The molecule has 1 radical (unpaired) electrons. The summed E-state index contributed by atoms with van der Waals surface area (Å²) in [4.78, 5) is 3.45. The van der Waals surface area contributed by atoms with E-state index in [0.717, 1.165) is 11.6 Å². The number of hydrogen-bond acceptors (Lipinski definition) is 2. The molecule has 0 spiro atoms. The number of rotatable bonds is 1. The SMILES string of the molecule is [CH]=C1Sc2c(ccc3ccccc23)N1CC. The Morgan fingerprint density at radius 2 is 2.00 bits per heavy atom. The van der Waals surface area contributed by atoms with Gasteiger partial charge in [0.15, 0.2) is 0 Å². The summed E-state index contributed by atoms with van der Waals surface area (Å²) in [6, 6.07) is 12.8. The van der Waals surface area contributed by atoms with Crippen LogP contribution in [0.5, 0.6) is 0 Å². The number of anilines is 1. The third kappa shape index (κ3) is 1.26. The van der Waals surface area contributed by atoms with E-state index in [9.17, 15) is 0 Å². The Labute approximate surface area is 99.8 Å². The summed E-state index contributed by atoms with van der Waals surface area (Å²) >= 11 is 1.67. The molecular weight excluding hydrogens is 214 g/mol. The predicted octanol–water partition coefficient (Wildman–Crippen LogP) is 4.05. The molecule has 3 rings (SSSR count). The van der Waals surface area contributed by atoms with Crippen molar-refractivity contribution in [2.24, 2.45) is 0 Å². The molecule has 1 aliphatic heterocycles. The van der Waals surface area contributed by atoms with Gasteiger partial charge in [0.2, 0.25) is 0 Å². The van der Waals surface area contributed by atoms with E-state index in [1.165, 1.54) is 21.4 Å². The Morgan fingerprint density at radius 1 is 1.19 bits per heavy atom. The average Bonchev–Trinajstić information content (AvgIpc) is 2.65. The minimum absolute atomic E-state index is 0.883. The Balaban J connectivity index is 2.30. The molecule has 0 aliphatic carbocycles. The minimum atomic E-state index is 0.883. The summed E-state index contributed by atoms with van der Waals surface area (Å²) in [5.74, 6) is 0. The first-order valence-corrected chi connectivity index (χ1v) is 6.22. The van der Waals surface area contributed by atoms with E-state index in [2.05, 4.69) is 48.2 Å². The van der Waals surface area contributed by atoms with Crippen LogP contribution in [0.3, 0.4) is 0 Å². The molecule has 0 amide bonds. The summed E-state index contributed by atoms with van der Waals surface area (Å²) in [5.41, 5.74) is 1.24. The second-order valence-electron chi connectivity index (χ2n) is 3.82. The standard InChI is InChI=1S/C14H12NS/c1-3-15-10(2)16-14-12-7-5-4-6-11(12)8-9-13(14)15/h2,4-9H,3H2,1H3. The molecule has 2 aromatic carbocycles. The van der Waals surface area contributed by atoms with Gasteiger partial charge in [0.25, 0.3) is 0 Å².